The molecule has 0 amide bonds. The molecule has 0 unspecified atom stereocenters. The van der Waals surface area contributed by atoms with Crippen molar-refractivity contribution in [3.8, 4) is 0 Å². The Hall–Kier alpha value is -0.870. The molecule has 0 aromatic heterocycles. The number of hydrogen-bond donors (Lipinski definition) is 0. The average molecular weight is 214 g/mol. The SMILES string of the molecule is CCOOCC1(C(=O)OCC)CC=CC1. The highest BCUT2D eigenvalue weighted by atomic mass is 17.2. The molecular formula is C11H18O4. The van der Waals surface area contributed by atoms with Crippen LogP contribution in [0.4, 0.5) is 0 Å². The zero-order chi connectivity index (χ0) is 11.1. The molecule has 0 fully saturated rings. The van der Waals surface area contributed by atoms with Crippen molar-refractivity contribution in [2.75, 3.05) is 19.8 Å². The molecule has 0 saturated carbocycles. The van der Waals surface area contributed by atoms with Gasteiger partial charge in [0.15, 0.2) is 0 Å². The second kappa shape index (κ2) is 5.88. The van der Waals surface area contributed by atoms with Gasteiger partial charge in [0, 0.05) is 0 Å². The normalized spacial score (nSPS) is 18.0. The Balaban J connectivity index is 2.50. The first-order chi connectivity index (χ1) is 7.25. The maximum absolute atomic E-state index is 11.8. The molecule has 1 aliphatic rings. The van der Waals surface area contributed by atoms with Crippen LogP contribution < -0.4 is 0 Å². The molecule has 1 rings (SSSR count). The summed E-state index contributed by atoms with van der Waals surface area (Å²) in [6.45, 7) is 4.77. The minimum Gasteiger partial charge on any atom is -0.465 e. The van der Waals surface area contributed by atoms with Crippen molar-refractivity contribution in [2.24, 2.45) is 5.41 Å². The van der Waals surface area contributed by atoms with Gasteiger partial charge in [-0.1, -0.05) is 12.2 Å². The molecule has 0 saturated heterocycles. The quantitative estimate of drug-likeness (QED) is 0.222. The van der Waals surface area contributed by atoms with Crippen LogP contribution in [0, 0.1) is 5.41 Å². The predicted octanol–water partition coefficient (Wildman–Crippen LogP) is 1.85. The van der Waals surface area contributed by atoms with E-state index in [2.05, 4.69) is 0 Å². The summed E-state index contributed by atoms with van der Waals surface area (Å²) in [7, 11) is 0. The molecule has 0 N–H and O–H groups in total. The third-order valence-electron chi connectivity index (χ3n) is 2.43. The lowest BCUT2D eigenvalue weighted by molar-refractivity contribution is -0.305. The van der Waals surface area contributed by atoms with E-state index >= 15 is 0 Å². The Kier molecular flexibility index (Phi) is 4.78. The van der Waals surface area contributed by atoms with E-state index in [4.69, 9.17) is 14.5 Å². The highest BCUT2D eigenvalue weighted by molar-refractivity contribution is 5.78. The Morgan fingerprint density at radius 3 is 2.40 bits per heavy atom. The van der Waals surface area contributed by atoms with Crippen LogP contribution in [0.25, 0.3) is 0 Å². The lowest BCUT2D eigenvalue weighted by atomic mass is 9.86. The fourth-order valence-corrected chi connectivity index (χ4v) is 1.57. The molecule has 86 valence electrons. The molecule has 0 radical (unpaired) electrons. The van der Waals surface area contributed by atoms with E-state index in [1.165, 1.54) is 0 Å². The van der Waals surface area contributed by atoms with E-state index in [9.17, 15) is 4.79 Å². The van der Waals surface area contributed by atoms with Gasteiger partial charge >= 0.3 is 5.97 Å². The number of allylic oxidation sites excluding steroid dienone is 2. The van der Waals surface area contributed by atoms with Gasteiger partial charge in [-0.2, -0.15) is 0 Å². The standard InChI is InChI=1S/C11H18O4/c1-3-13-10(12)11(7-5-6-8-11)9-15-14-4-2/h5-6H,3-4,7-9H2,1-2H3. The number of hydrogen-bond acceptors (Lipinski definition) is 4. The van der Waals surface area contributed by atoms with Crippen molar-refractivity contribution < 1.29 is 19.3 Å². The van der Waals surface area contributed by atoms with Crippen LogP contribution in [0.3, 0.4) is 0 Å². The molecular weight excluding hydrogens is 196 g/mol. The van der Waals surface area contributed by atoms with E-state index in [0.29, 0.717) is 26.1 Å². The third kappa shape index (κ3) is 3.04. The first-order valence-corrected chi connectivity index (χ1v) is 5.32. The summed E-state index contributed by atoms with van der Waals surface area (Å²) in [5.74, 6) is -0.199. The Labute approximate surface area is 90.1 Å². The Morgan fingerprint density at radius 2 is 1.87 bits per heavy atom. The maximum atomic E-state index is 11.8. The lowest BCUT2D eigenvalue weighted by Gasteiger charge is -2.25. The van der Waals surface area contributed by atoms with Gasteiger partial charge < -0.3 is 4.74 Å². The molecule has 0 aromatic carbocycles. The molecule has 4 nitrogen and oxygen atoms in total. The summed E-state index contributed by atoms with van der Waals surface area (Å²) >= 11 is 0. The smallest absolute Gasteiger partial charge is 0.315 e. The lowest BCUT2D eigenvalue weighted by Crippen LogP contribution is -2.35. The van der Waals surface area contributed by atoms with Crippen LogP contribution in [-0.2, 0) is 19.3 Å². The zero-order valence-electron chi connectivity index (χ0n) is 9.32. The van der Waals surface area contributed by atoms with Crippen molar-refractivity contribution in [1.82, 2.24) is 0 Å². The first kappa shape index (κ1) is 12.2. The van der Waals surface area contributed by atoms with E-state index in [1.807, 2.05) is 19.1 Å². The van der Waals surface area contributed by atoms with Crippen molar-refractivity contribution in [3.63, 3.8) is 0 Å². The molecule has 0 heterocycles. The van der Waals surface area contributed by atoms with Crippen molar-refractivity contribution in [2.45, 2.75) is 26.7 Å². The van der Waals surface area contributed by atoms with Gasteiger partial charge in [-0.3, -0.25) is 4.79 Å². The molecule has 0 bridgehead atoms. The van der Waals surface area contributed by atoms with E-state index in [-0.39, 0.29) is 12.6 Å². The van der Waals surface area contributed by atoms with Crippen molar-refractivity contribution >= 4 is 5.97 Å². The fraction of sp³-hybridized carbons (Fsp3) is 0.727. The van der Waals surface area contributed by atoms with Gasteiger partial charge in [0.1, 0.15) is 5.41 Å². The topological polar surface area (TPSA) is 44.8 Å². The van der Waals surface area contributed by atoms with Gasteiger partial charge in [-0.05, 0) is 26.7 Å². The zero-order valence-corrected chi connectivity index (χ0v) is 9.32. The minimum atomic E-state index is -0.564. The van der Waals surface area contributed by atoms with E-state index < -0.39 is 5.41 Å². The Morgan fingerprint density at radius 1 is 1.20 bits per heavy atom. The highest BCUT2D eigenvalue weighted by Gasteiger charge is 2.41. The molecule has 0 aliphatic heterocycles. The maximum Gasteiger partial charge on any atom is 0.315 e. The van der Waals surface area contributed by atoms with Gasteiger partial charge in [0.25, 0.3) is 0 Å². The highest BCUT2D eigenvalue weighted by Crippen LogP contribution is 2.35. The minimum absolute atomic E-state index is 0.199. The molecule has 15 heavy (non-hydrogen) atoms. The number of rotatable bonds is 6. The predicted molar refractivity (Wildman–Crippen MR) is 55.0 cm³/mol. The van der Waals surface area contributed by atoms with Gasteiger partial charge in [-0.25, -0.2) is 9.78 Å². The van der Waals surface area contributed by atoms with Gasteiger partial charge in [0.2, 0.25) is 0 Å². The van der Waals surface area contributed by atoms with Crippen LogP contribution in [-0.4, -0.2) is 25.8 Å². The summed E-state index contributed by atoms with van der Waals surface area (Å²) < 4.78 is 5.05. The molecule has 0 spiro atoms. The molecule has 0 aromatic rings. The molecule has 4 heteroatoms. The molecule has 1 aliphatic carbocycles. The number of carbonyl (C=O) groups excluding carboxylic acids is 1. The van der Waals surface area contributed by atoms with Gasteiger partial charge in [0.05, 0.1) is 19.8 Å². The first-order valence-electron chi connectivity index (χ1n) is 5.32. The summed E-state index contributed by atoms with van der Waals surface area (Å²) in [4.78, 5) is 21.6. The summed E-state index contributed by atoms with van der Waals surface area (Å²) in [5, 5.41) is 0. The summed E-state index contributed by atoms with van der Waals surface area (Å²) in [6, 6.07) is 0. The summed E-state index contributed by atoms with van der Waals surface area (Å²) in [5.41, 5.74) is -0.564. The van der Waals surface area contributed by atoms with Crippen molar-refractivity contribution in [1.29, 1.82) is 0 Å². The van der Waals surface area contributed by atoms with E-state index in [1.54, 1.807) is 6.92 Å². The number of carbonyl (C=O) groups is 1. The van der Waals surface area contributed by atoms with Crippen LogP contribution in [0.15, 0.2) is 12.2 Å². The second-order valence-electron chi connectivity index (χ2n) is 3.55. The second-order valence-corrected chi connectivity index (χ2v) is 3.55. The van der Waals surface area contributed by atoms with Crippen LogP contribution in [0.5, 0.6) is 0 Å². The van der Waals surface area contributed by atoms with Crippen molar-refractivity contribution in [3.05, 3.63) is 12.2 Å². The van der Waals surface area contributed by atoms with Crippen LogP contribution in [0.2, 0.25) is 0 Å². The largest absolute Gasteiger partial charge is 0.465 e. The number of ether oxygens (including phenoxy) is 1. The average Bonchev–Trinajstić information content (AvgIpc) is 2.69. The summed E-state index contributed by atoms with van der Waals surface area (Å²) in [6.07, 6.45) is 5.29. The van der Waals surface area contributed by atoms with E-state index in [0.717, 1.165) is 0 Å². The Bertz CT molecular complexity index is 227. The van der Waals surface area contributed by atoms with Gasteiger partial charge in [-0.15, -0.1) is 0 Å². The fourth-order valence-electron chi connectivity index (χ4n) is 1.57. The third-order valence-corrected chi connectivity index (χ3v) is 2.43. The molecule has 0 atom stereocenters. The van der Waals surface area contributed by atoms with Crippen LogP contribution >= 0.6 is 0 Å². The monoisotopic (exact) mass is 214 g/mol. The van der Waals surface area contributed by atoms with Crippen LogP contribution in [0.1, 0.15) is 26.7 Å². The number of esters is 1.